The molecule has 2 aliphatic carbocycles. The summed E-state index contributed by atoms with van der Waals surface area (Å²) in [5, 5.41) is 8.89. The molecule has 0 unspecified atom stereocenters. The molecule has 0 aliphatic heterocycles. The fraction of sp³-hybridized carbons (Fsp3) is 0.577. The summed E-state index contributed by atoms with van der Waals surface area (Å²) in [6, 6.07) is 4.76. The monoisotopic (exact) mass is 396 g/mol. The van der Waals surface area contributed by atoms with Gasteiger partial charge in [-0.25, -0.2) is 4.79 Å². The van der Waals surface area contributed by atoms with Crippen molar-refractivity contribution < 1.29 is 14.6 Å². The van der Waals surface area contributed by atoms with Crippen molar-refractivity contribution in [3.63, 3.8) is 0 Å². The first-order valence-electron chi connectivity index (χ1n) is 11.0. The number of carbonyl (C=O) groups is 1. The third-order valence-electron chi connectivity index (χ3n) is 6.64. The predicted molar refractivity (Wildman–Crippen MR) is 119 cm³/mol. The largest absolute Gasteiger partial charge is 0.493 e. The third kappa shape index (κ3) is 4.76. The Kier molecular flexibility index (Phi) is 5.98. The Morgan fingerprint density at radius 2 is 1.79 bits per heavy atom. The third-order valence-corrected chi connectivity index (χ3v) is 6.64. The second-order valence-electron chi connectivity index (χ2n) is 10.1. The van der Waals surface area contributed by atoms with E-state index in [1.807, 2.05) is 13.0 Å². The van der Waals surface area contributed by atoms with Gasteiger partial charge < -0.3 is 9.84 Å². The lowest BCUT2D eigenvalue weighted by Crippen LogP contribution is -2.34. The molecule has 0 aromatic heterocycles. The smallest absolute Gasteiger partial charge is 0.328 e. The molecular formula is C26H36O3. The van der Waals surface area contributed by atoms with Crippen LogP contribution < -0.4 is 4.74 Å². The summed E-state index contributed by atoms with van der Waals surface area (Å²) >= 11 is 0. The van der Waals surface area contributed by atoms with Crippen molar-refractivity contribution in [1.82, 2.24) is 0 Å². The lowest BCUT2D eigenvalue weighted by Gasteiger charge is -2.42. The zero-order valence-corrected chi connectivity index (χ0v) is 18.8. The molecule has 29 heavy (non-hydrogen) atoms. The van der Waals surface area contributed by atoms with Crippen LogP contribution in [0.5, 0.6) is 5.75 Å². The first kappa shape index (κ1) is 21.7. The summed E-state index contributed by atoms with van der Waals surface area (Å²) in [5.74, 6) is 1.07. The fourth-order valence-electron chi connectivity index (χ4n) is 4.54. The normalized spacial score (nSPS) is 25.0. The van der Waals surface area contributed by atoms with Crippen LogP contribution in [0.3, 0.4) is 0 Å². The minimum atomic E-state index is -0.894. The molecule has 0 bridgehead atoms. The number of benzene rings is 1. The van der Waals surface area contributed by atoms with E-state index < -0.39 is 5.97 Å². The minimum Gasteiger partial charge on any atom is -0.493 e. The van der Waals surface area contributed by atoms with Crippen LogP contribution in [0, 0.1) is 5.92 Å². The Hall–Kier alpha value is -2.03. The van der Waals surface area contributed by atoms with E-state index in [2.05, 4.69) is 52.8 Å². The summed E-state index contributed by atoms with van der Waals surface area (Å²) < 4.78 is 6.23. The molecule has 3 heteroatoms. The fourth-order valence-corrected chi connectivity index (χ4v) is 4.54. The minimum absolute atomic E-state index is 0.176. The van der Waals surface area contributed by atoms with Crippen LogP contribution in [0.1, 0.15) is 89.8 Å². The summed E-state index contributed by atoms with van der Waals surface area (Å²) in [7, 11) is 0. The van der Waals surface area contributed by atoms with E-state index in [0.717, 1.165) is 30.8 Å². The van der Waals surface area contributed by atoms with Crippen molar-refractivity contribution in [3.8, 4) is 5.75 Å². The molecule has 1 aromatic rings. The van der Waals surface area contributed by atoms with Crippen LogP contribution in [-0.4, -0.2) is 17.7 Å². The average molecular weight is 397 g/mol. The van der Waals surface area contributed by atoms with E-state index in [1.54, 1.807) is 0 Å². The molecule has 3 nitrogen and oxygen atoms in total. The van der Waals surface area contributed by atoms with E-state index in [9.17, 15) is 4.79 Å². The average Bonchev–Trinajstić information content (AvgIpc) is 3.40. The first-order chi connectivity index (χ1) is 13.5. The SMILES string of the molecule is CCCOc1cc2c(cc1[C@@H]1C[C@@H]1C=CC(C)=CC(=O)O)C(C)(C)CCC2(C)C. The molecule has 1 saturated carbocycles. The van der Waals surface area contributed by atoms with Gasteiger partial charge in [0.2, 0.25) is 0 Å². The molecule has 2 aliphatic rings. The second-order valence-corrected chi connectivity index (χ2v) is 10.1. The number of hydrogen-bond acceptors (Lipinski definition) is 2. The highest BCUT2D eigenvalue weighted by atomic mass is 16.5. The Morgan fingerprint density at radius 3 is 2.38 bits per heavy atom. The highest BCUT2D eigenvalue weighted by molar-refractivity contribution is 5.81. The van der Waals surface area contributed by atoms with E-state index >= 15 is 0 Å². The zero-order valence-electron chi connectivity index (χ0n) is 18.8. The summed E-state index contributed by atoms with van der Waals surface area (Å²) in [4.78, 5) is 10.8. The van der Waals surface area contributed by atoms with Gasteiger partial charge in [-0.15, -0.1) is 0 Å². The number of fused-ring (bicyclic) bond motifs is 1. The number of carboxylic acids is 1. The maximum absolute atomic E-state index is 10.8. The lowest BCUT2D eigenvalue weighted by molar-refractivity contribution is -0.131. The Bertz CT molecular complexity index is 842. The van der Waals surface area contributed by atoms with Gasteiger partial charge in [0.15, 0.2) is 0 Å². The highest BCUT2D eigenvalue weighted by Crippen LogP contribution is 2.55. The van der Waals surface area contributed by atoms with Gasteiger partial charge >= 0.3 is 5.97 Å². The Morgan fingerprint density at radius 1 is 1.17 bits per heavy atom. The van der Waals surface area contributed by atoms with Gasteiger partial charge in [-0.2, -0.15) is 0 Å². The molecule has 158 valence electrons. The first-order valence-corrected chi connectivity index (χ1v) is 11.0. The van der Waals surface area contributed by atoms with E-state index in [0.29, 0.717) is 11.8 Å². The van der Waals surface area contributed by atoms with E-state index in [1.165, 1.54) is 35.6 Å². The molecule has 3 rings (SSSR count). The quantitative estimate of drug-likeness (QED) is 0.422. The van der Waals surface area contributed by atoms with Gasteiger partial charge in [-0.3, -0.25) is 0 Å². The topological polar surface area (TPSA) is 46.5 Å². The van der Waals surface area contributed by atoms with Crippen molar-refractivity contribution in [2.24, 2.45) is 5.92 Å². The Balaban J connectivity index is 1.94. The highest BCUT2D eigenvalue weighted by Gasteiger charge is 2.42. The van der Waals surface area contributed by atoms with Crippen molar-refractivity contribution >= 4 is 5.97 Å². The van der Waals surface area contributed by atoms with Crippen molar-refractivity contribution in [2.75, 3.05) is 6.61 Å². The van der Waals surface area contributed by atoms with E-state index in [-0.39, 0.29) is 10.8 Å². The summed E-state index contributed by atoms with van der Waals surface area (Å²) in [5.41, 5.74) is 5.39. The van der Waals surface area contributed by atoms with Gasteiger partial charge in [-0.05, 0) is 83.6 Å². The standard InChI is InChI=1S/C26H36O3/c1-7-12-29-23-16-22-21(25(3,4)10-11-26(22,5)6)15-20(23)19-14-18(19)9-8-17(2)13-24(27)28/h8-9,13,15-16,18-19H,7,10-12,14H2,1-6H3,(H,27,28)/t18-,19+/m0/s1. The summed E-state index contributed by atoms with van der Waals surface area (Å²) in [6.07, 6.45) is 9.86. The molecule has 0 radical (unpaired) electrons. The molecule has 0 spiro atoms. The molecule has 1 N–H and O–H groups in total. The molecule has 2 atom stereocenters. The number of rotatable bonds is 7. The molecule has 0 amide bonds. The van der Waals surface area contributed by atoms with Crippen LogP contribution in [0.2, 0.25) is 0 Å². The summed E-state index contributed by atoms with van der Waals surface area (Å²) in [6.45, 7) is 14.1. The maximum Gasteiger partial charge on any atom is 0.328 e. The molecule has 0 saturated heterocycles. The number of aliphatic carboxylic acids is 1. The number of ether oxygens (including phenoxy) is 1. The molecule has 0 heterocycles. The Labute approximate surface area is 175 Å². The molecule has 1 fully saturated rings. The van der Waals surface area contributed by atoms with Crippen LogP contribution in [0.4, 0.5) is 0 Å². The number of allylic oxidation sites excluding steroid dienone is 3. The molecule has 1 aromatic carbocycles. The lowest BCUT2D eigenvalue weighted by atomic mass is 9.62. The van der Waals surface area contributed by atoms with Crippen molar-refractivity contribution in [2.45, 2.75) is 84.0 Å². The van der Waals surface area contributed by atoms with Gasteiger partial charge in [0.25, 0.3) is 0 Å². The number of hydrogen-bond donors (Lipinski definition) is 1. The van der Waals surface area contributed by atoms with E-state index in [4.69, 9.17) is 9.84 Å². The van der Waals surface area contributed by atoms with Gasteiger partial charge in [-0.1, -0.05) is 52.8 Å². The number of carboxylic acid groups (broad SMARTS) is 1. The van der Waals surface area contributed by atoms with Crippen LogP contribution in [0.25, 0.3) is 0 Å². The maximum atomic E-state index is 10.8. The van der Waals surface area contributed by atoms with Gasteiger partial charge in [0.1, 0.15) is 5.75 Å². The van der Waals surface area contributed by atoms with Gasteiger partial charge in [0.05, 0.1) is 6.61 Å². The van der Waals surface area contributed by atoms with Crippen LogP contribution >= 0.6 is 0 Å². The van der Waals surface area contributed by atoms with Crippen LogP contribution in [-0.2, 0) is 15.6 Å². The molecular weight excluding hydrogens is 360 g/mol. The second kappa shape index (κ2) is 8.01. The van der Waals surface area contributed by atoms with Crippen molar-refractivity contribution in [3.05, 3.63) is 52.6 Å². The van der Waals surface area contributed by atoms with Crippen molar-refractivity contribution in [1.29, 1.82) is 0 Å². The predicted octanol–water partition coefficient (Wildman–Crippen LogP) is 6.52. The van der Waals surface area contributed by atoms with Crippen LogP contribution in [0.15, 0.2) is 35.9 Å². The zero-order chi connectivity index (χ0) is 21.4. The van der Waals surface area contributed by atoms with Gasteiger partial charge in [0, 0.05) is 6.08 Å².